The fourth-order valence-corrected chi connectivity index (χ4v) is 2.11. The predicted octanol–water partition coefficient (Wildman–Crippen LogP) is 0.996. The summed E-state index contributed by atoms with van der Waals surface area (Å²) in [6.07, 6.45) is 3.58. The van der Waals surface area contributed by atoms with Crippen LogP contribution in [0.2, 0.25) is 0 Å². The van der Waals surface area contributed by atoms with Gasteiger partial charge in [-0.1, -0.05) is 6.92 Å². The molecule has 7 heteroatoms. The number of hydrogen-bond acceptors (Lipinski definition) is 4. The Balaban J connectivity index is 1.88. The molecule has 1 aliphatic heterocycles. The first kappa shape index (κ1) is 13.4. The monoisotopic (exact) mass is 267 g/mol. The number of carboxylic acids is 1. The Morgan fingerprint density at radius 1 is 1.63 bits per heavy atom. The van der Waals surface area contributed by atoms with Gasteiger partial charge in [0.05, 0.1) is 12.7 Å². The molecule has 2 N–H and O–H groups in total. The molecule has 2 rings (SSSR count). The summed E-state index contributed by atoms with van der Waals surface area (Å²) in [6.45, 7) is 2.58. The van der Waals surface area contributed by atoms with Crippen molar-refractivity contribution in [3.8, 4) is 0 Å². The highest BCUT2D eigenvalue weighted by molar-refractivity contribution is 5.83. The number of urea groups is 1. The predicted molar refractivity (Wildman–Crippen MR) is 65.5 cm³/mol. The SMILES string of the molecule is CCc1cnc(CNC(=O)N2CCCC2C(=O)O)o1. The maximum absolute atomic E-state index is 11.9. The Kier molecular flexibility index (Phi) is 4.03. The van der Waals surface area contributed by atoms with Crippen LogP contribution < -0.4 is 5.32 Å². The molecule has 1 fully saturated rings. The maximum Gasteiger partial charge on any atom is 0.326 e. The Bertz CT molecular complexity index is 471. The minimum Gasteiger partial charge on any atom is -0.480 e. The van der Waals surface area contributed by atoms with E-state index in [9.17, 15) is 9.59 Å². The number of rotatable bonds is 4. The smallest absolute Gasteiger partial charge is 0.326 e. The van der Waals surface area contributed by atoms with Crippen LogP contribution in [0.25, 0.3) is 0 Å². The molecule has 1 unspecified atom stereocenters. The van der Waals surface area contributed by atoms with E-state index in [0.717, 1.165) is 12.2 Å². The Labute approximate surface area is 110 Å². The van der Waals surface area contributed by atoms with Crippen molar-refractivity contribution in [2.75, 3.05) is 6.54 Å². The van der Waals surface area contributed by atoms with Crippen LogP contribution in [0.3, 0.4) is 0 Å². The lowest BCUT2D eigenvalue weighted by atomic mass is 10.2. The highest BCUT2D eigenvalue weighted by Gasteiger charge is 2.33. The normalized spacial score (nSPS) is 18.6. The highest BCUT2D eigenvalue weighted by atomic mass is 16.4. The topological polar surface area (TPSA) is 95.7 Å². The summed E-state index contributed by atoms with van der Waals surface area (Å²) in [5, 5.41) is 11.6. The van der Waals surface area contributed by atoms with E-state index in [2.05, 4.69) is 10.3 Å². The van der Waals surface area contributed by atoms with Crippen molar-refractivity contribution in [3.05, 3.63) is 17.8 Å². The van der Waals surface area contributed by atoms with Crippen molar-refractivity contribution >= 4 is 12.0 Å². The average molecular weight is 267 g/mol. The number of amides is 2. The fourth-order valence-electron chi connectivity index (χ4n) is 2.11. The number of carbonyl (C=O) groups is 2. The van der Waals surface area contributed by atoms with Crippen LogP contribution in [0.1, 0.15) is 31.4 Å². The lowest BCUT2D eigenvalue weighted by molar-refractivity contribution is -0.141. The molecule has 2 amide bonds. The van der Waals surface area contributed by atoms with Crippen LogP contribution in [-0.4, -0.2) is 39.6 Å². The number of oxazole rings is 1. The average Bonchev–Trinajstić information content (AvgIpc) is 3.04. The molecule has 1 aliphatic rings. The fraction of sp³-hybridized carbons (Fsp3) is 0.583. The molecule has 1 atom stereocenters. The van der Waals surface area contributed by atoms with E-state index < -0.39 is 12.0 Å². The zero-order valence-electron chi connectivity index (χ0n) is 10.8. The number of aromatic nitrogens is 1. The van der Waals surface area contributed by atoms with Gasteiger partial charge in [-0.3, -0.25) is 0 Å². The van der Waals surface area contributed by atoms with Crippen molar-refractivity contribution in [2.24, 2.45) is 0 Å². The molecule has 2 heterocycles. The summed E-state index contributed by atoms with van der Waals surface area (Å²) in [7, 11) is 0. The quantitative estimate of drug-likeness (QED) is 0.848. The number of likely N-dealkylation sites (tertiary alicyclic amines) is 1. The molecule has 0 aliphatic carbocycles. The molecule has 0 radical (unpaired) electrons. The van der Waals surface area contributed by atoms with Crippen molar-refractivity contribution < 1.29 is 19.1 Å². The summed E-state index contributed by atoms with van der Waals surface area (Å²) in [4.78, 5) is 28.2. The molecule has 1 aromatic rings. The zero-order valence-corrected chi connectivity index (χ0v) is 10.8. The molecular weight excluding hydrogens is 250 g/mol. The molecule has 1 aromatic heterocycles. The molecule has 0 spiro atoms. The van der Waals surface area contributed by atoms with Crippen LogP contribution in [0, 0.1) is 0 Å². The van der Waals surface area contributed by atoms with Crippen LogP contribution in [0.5, 0.6) is 0 Å². The van der Waals surface area contributed by atoms with Gasteiger partial charge in [0.2, 0.25) is 5.89 Å². The van der Waals surface area contributed by atoms with E-state index >= 15 is 0 Å². The Hall–Kier alpha value is -2.05. The van der Waals surface area contributed by atoms with Crippen LogP contribution in [0.4, 0.5) is 4.79 Å². The first-order valence-electron chi connectivity index (χ1n) is 6.32. The van der Waals surface area contributed by atoms with Crippen molar-refractivity contribution in [1.29, 1.82) is 0 Å². The van der Waals surface area contributed by atoms with E-state index in [4.69, 9.17) is 9.52 Å². The molecule has 104 valence electrons. The van der Waals surface area contributed by atoms with Gasteiger partial charge >= 0.3 is 12.0 Å². The molecule has 7 nitrogen and oxygen atoms in total. The molecule has 19 heavy (non-hydrogen) atoms. The third-order valence-corrected chi connectivity index (χ3v) is 3.14. The van der Waals surface area contributed by atoms with Crippen LogP contribution >= 0.6 is 0 Å². The number of aliphatic carboxylic acids is 1. The van der Waals surface area contributed by atoms with E-state index in [-0.39, 0.29) is 12.6 Å². The number of hydrogen-bond donors (Lipinski definition) is 2. The summed E-state index contributed by atoms with van der Waals surface area (Å²) >= 11 is 0. The van der Waals surface area contributed by atoms with Crippen molar-refractivity contribution in [1.82, 2.24) is 15.2 Å². The summed E-state index contributed by atoms with van der Waals surface area (Å²) in [6, 6.07) is -1.11. The van der Waals surface area contributed by atoms with E-state index in [0.29, 0.717) is 25.3 Å². The minimum atomic E-state index is -0.961. The van der Waals surface area contributed by atoms with E-state index in [1.807, 2.05) is 6.92 Å². The van der Waals surface area contributed by atoms with Gasteiger partial charge in [-0.05, 0) is 12.8 Å². The molecule has 0 bridgehead atoms. The number of nitrogens with zero attached hydrogens (tertiary/aromatic N) is 2. The van der Waals surface area contributed by atoms with E-state index in [1.54, 1.807) is 6.20 Å². The van der Waals surface area contributed by atoms with E-state index in [1.165, 1.54) is 4.90 Å². The Morgan fingerprint density at radius 2 is 2.42 bits per heavy atom. The van der Waals surface area contributed by atoms with Gasteiger partial charge in [-0.2, -0.15) is 0 Å². The highest BCUT2D eigenvalue weighted by Crippen LogP contribution is 2.17. The maximum atomic E-state index is 11.9. The first-order chi connectivity index (χ1) is 9.11. The van der Waals surface area contributed by atoms with Crippen LogP contribution in [0.15, 0.2) is 10.6 Å². The largest absolute Gasteiger partial charge is 0.480 e. The number of carbonyl (C=O) groups excluding carboxylic acids is 1. The second kappa shape index (κ2) is 5.73. The van der Waals surface area contributed by atoms with Gasteiger partial charge in [0, 0.05) is 13.0 Å². The third-order valence-electron chi connectivity index (χ3n) is 3.14. The van der Waals surface area contributed by atoms with Gasteiger partial charge in [0.1, 0.15) is 11.8 Å². The van der Waals surface area contributed by atoms with Gasteiger partial charge in [0.15, 0.2) is 0 Å². The second-order valence-corrected chi connectivity index (χ2v) is 4.42. The Morgan fingerprint density at radius 3 is 3.05 bits per heavy atom. The minimum absolute atomic E-state index is 0.168. The van der Waals surface area contributed by atoms with Crippen molar-refractivity contribution in [2.45, 2.75) is 38.8 Å². The second-order valence-electron chi connectivity index (χ2n) is 4.42. The standard InChI is InChI=1S/C12H17N3O4/c1-2-8-6-13-10(19-8)7-14-12(18)15-5-3-4-9(15)11(16)17/h6,9H,2-5,7H2,1H3,(H,14,18)(H,16,17). The van der Waals surface area contributed by atoms with Crippen molar-refractivity contribution in [3.63, 3.8) is 0 Å². The summed E-state index contributed by atoms with van der Waals surface area (Å²) in [5.41, 5.74) is 0. The molecule has 0 saturated carbocycles. The number of nitrogens with one attached hydrogen (secondary N) is 1. The summed E-state index contributed by atoms with van der Waals surface area (Å²) < 4.78 is 5.36. The van der Waals surface area contributed by atoms with Gasteiger partial charge in [-0.25, -0.2) is 14.6 Å². The van der Waals surface area contributed by atoms with Gasteiger partial charge in [-0.15, -0.1) is 0 Å². The molecule has 0 aromatic carbocycles. The van der Waals surface area contributed by atoms with Crippen LogP contribution in [-0.2, 0) is 17.8 Å². The lowest BCUT2D eigenvalue weighted by Crippen LogP contribution is -2.45. The lowest BCUT2D eigenvalue weighted by Gasteiger charge is -2.21. The zero-order chi connectivity index (χ0) is 13.8. The number of carboxylic acid groups (broad SMARTS) is 1. The van der Waals surface area contributed by atoms with Gasteiger partial charge in [0.25, 0.3) is 0 Å². The molecular formula is C12H17N3O4. The molecule has 1 saturated heterocycles. The number of aryl methyl sites for hydroxylation is 1. The van der Waals surface area contributed by atoms with Gasteiger partial charge < -0.3 is 19.7 Å². The summed E-state index contributed by atoms with van der Waals surface area (Å²) in [5.74, 6) is 0.224. The third kappa shape index (κ3) is 3.04. The first-order valence-corrected chi connectivity index (χ1v) is 6.32.